The Bertz CT molecular complexity index is 403. The molecule has 0 aliphatic heterocycles. The van der Waals surface area contributed by atoms with Crippen LogP contribution in [0.5, 0.6) is 5.75 Å². The van der Waals surface area contributed by atoms with Crippen LogP contribution in [-0.2, 0) is 5.54 Å². The standard InChI is InChI=1S/C16H28N2O2/c1-6-18(11-13(12-19)17-4)16(2,3)14-9-7-8-10-15(14)20-5/h7-10,13,17,19H,6,11-12H2,1-5H3/t13-/m1/s1. The third kappa shape index (κ3) is 3.72. The van der Waals surface area contributed by atoms with Crippen LogP contribution in [0.4, 0.5) is 0 Å². The van der Waals surface area contributed by atoms with Crippen LogP contribution >= 0.6 is 0 Å². The predicted octanol–water partition coefficient (Wildman–Crippen LogP) is 1.83. The fraction of sp³-hybridized carbons (Fsp3) is 0.625. The predicted molar refractivity (Wildman–Crippen MR) is 83.2 cm³/mol. The molecule has 0 spiro atoms. The van der Waals surface area contributed by atoms with Gasteiger partial charge in [-0.1, -0.05) is 25.1 Å². The molecule has 0 aromatic heterocycles. The lowest BCUT2D eigenvalue weighted by Crippen LogP contribution is -2.49. The molecule has 0 radical (unpaired) electrons. The molecule has 2 N–H and O–H groups in total. The molecule has 0 fully saturated rings. The first kappa shape index (κ1) is 17.0. The van der Waals surface area contributed by atoms with Crippen LogP contribution in [0, 0.1) is 0 Å². The number of aliphatic hydroxyl groups is 1. The van der Waals surface area contributed by atoms with Crippen molar-refractivity contribution in [1.82, 2.24) is 10.2 Å². The van der Waals surface area contributed by atoms with Crippen molar-refractivity contribution >= 4 is 0 Å². The molecule has 0 amide bonds. The minimum absolute atomic E-state index is 0.0731. The van der Waals surface area contributed by atoms with Gasteiger partial charge in [0.25, 0.3) is 0 Å². The lowest BCUT2D eigenvalue weighted by Gasteiger charge is -2.40. The molecule has 1 atom stereocenters. The molecule has 4 heteroatoms. The second kappa shape index (κ2) is 7.62. The van der Waals surface area contributed by atoms with E-state index in [1.54, 1.807) is 7.11 Å². The molecule has 0 unspecified atom stereocenters. The van der Waals surface area contributed by atoms with E-state index in [1.165, 1.54) is 0 Å². The van der Waals surface area contributed by atoms with Gasteiger partial charge < -0.3 is 15.2 Å². The number of methoxy groups -OCH3 is 1. The monoisotopic (exact) mass is 280 g/mol. The average molecular weight is 280 g/mol. The Balaban J connectivity index is 3.04. The van der Waals surface area contributed by atoms with Crippen molar-refractivity contribution in [2.24, 2.45) is 0 Å². The van der Waals surface area contributed by atoms with E-state index in [1.807, 2.05) is 25.2 Å². The molecule has 0 bridgehead atoms. The number of rotatable bonds is 8. The van der Waals surface area contributed by atoms with Gasteiger partial charge in [-0.3, -0.25) is 4.90 Å². The molecule has 4 nitrogen and oxygen atoms in total. The van der Waals surface area contributed by atoms with Crippen molar-refractivity contribution in [3.05, 3.63) is 29.8 Å². The van der Waals surface area contributed by atoms with Crippen LogP contribution in [0.2, 0.25) is 0 Å². The van der Waals surface area contributed by atoms with Crippen LogP contribution in [0.15, 0.2) is 24.3 Å². The van der Waals surface area contributed by atoms with Gasteiger partial charge in [-0.2, -0.15) is 0 Å². The molecule has 0 heterocycles. The van der Waals surface area contributed by atoms with Crippen molar-refractivity contribution in [1.29, 1.82) is 0 Å². The smallest absolute Gasteiger partial charge is 0.123 e. The van der Waals surface area contributed by atoms with Crippen LogP contribution in [0.3, 0.4) is 0 Å². The summed E-state index contributed by atoms with van der Waals surface area (Å²) in [5, 5.41) is 12.5. The van der Waals surface area contributed by atoms with Crippen molar-refractivity contribution in [3.63, 3.8) is 0 Å². The minimum Gasteiger partial charge on any atom is -0.496 e. The molecule has 1 aromatic carbocycles. The Kier molecular flexibility index (Phi) is 6.46. The summed E-state index contributed by atoms with van der Waals surface area (Å²) in [6, 6.07) is 8.19. The number of ether oxygens (including phenoxy) is 1. The molecule has 0 saturated carbocycles. The molecule has 1 aromatic rings. The normalized spacial score (nSPS) is 13.6. The summed E-state index contributed by atoms with van der Waals surface area (Å²) in [6.45, 7) is 8.35. The Hall–Kier alpha value is -1.10. The van der Waals surface area contributed by atoms with Gasteiger partial charge in [-0.15, -0.1) is 0 Å². The molecular formula is C16H28N2O2. The molecule has 1 rings (SSSR count). The van der Waals surface area contributed by atoms with E-state index >= 15 is 0 Å². The van der Waals surface area contributed by atoms with Crippen molar-refractivity contribution in [3.8, 4) is 5.75 Å². The van der Waals surface area contributed by atoms with Gasteiger partial charge in [-0.25, -0.2) is 0 Å². The molecule has 114 valence electrons. The van der Waals surface area contributed by atoms with Gasteiger partial charge in [-0.05, 0) is 33.5 Å². The molecular weight excluding hydrogens is 252 g/mol. The van der Waals surface area contributed by atoms with Crippen molar-refractivity contribution in [2.75, 3.05) is 33.9 Å². The van der Waals surface area contributed by atoms with E-state index < -0.39 is 0 Å². The lowest BCUT2D eigenvalue weighted by atomic mass is 9.90. The summed E-state index contributed by atoms with van der Waals surface area (Å²) >= 11 is 0. The summed E-state index contributed by atoms with van der Waals surface area (Å²) in [4.78, 5) is 2.35. The Labute approximate surface area is 122 Å². The highest BCUT2D eigenvalue weighted by Crippen LogP contribution is 2.34. The molecule has 20 heavy (non-hydrogen) atoms. The van der Waals surface area contributed by atoms with Gasteiger partial charge in [0.15, 0.2) is 0 Å². The summed E-state index contributed by atoms with van der Waals surface area (Å²) in [7, 11) is 3.58. The molecule has 0 aliphatic rings. The SMILES string of the molecule is CCN(C[C@H](CO)NC)C(C)(C)c1ccccc1OC. The van der Waals surface area contributed by atoms with E-state index in [2.05, 4.69) is 37.1 Å². The summed E-state index contributed by atoms with van der Waals surface area (Å²) in [5.74, 6) is 0.904. The topological polar surface area (TPSA) is 44.7 Å². The largest absolute Gasteiger partial charge is 0.496 e. The Morgan fingerprint density at radius 2 is 2.00 bits per heavy atom. The number of benzene rings is 1. The van der Waals surface area contributed by atoms with Crippen LogP contribution < -0.4 is 10.1 Å². The number of para-hydroxylation sites is 1. The Morgan fingerprint density at radius 1 is 1.35 bits per heavy atom. The van der Waals surface area contributed by atoms with E-state index in [9.17, 15) is 5.11 Å². The number of aliphatic hydroxyl groups excluding tert-OH is 1. The van der Waals surface area contributed by atoms with Crippen LogP contribution in [0.1, 0.15) is 26.3 Å². The van der Waals surface area contributed by atoms with E-state index in [0.717, 1.165) is 24.4 Å². The highest BCUT2D eigenvalue weighted by Gasteiger charge is 2.31. The van der Waals surface area contributed by atoms with E-state index in [-0.39, 0.29) is 18.2 Å². The zero-order valence-corrected chi connectivity index (χ0v) is 13.3. The van der Waals surface area contributed by atoms with E-state index in [0.29, 0.717) is 0 Å². The summed E-state index contributed by atoms with van der Waals surface area (Å²) in [6.07, 6.45) is 0. The lowest BCUT2D eigenvalue weighted by molar-refractivity contribution is 0.0951. The average Bonchev–Trinajstić information content (AvgIpc) is 2.48. The molecule has 0 aliphatic carbocycles. The first-order valence-corrected chi connectivity index (χ1v) is 7.17. The van der Waals surface area contributed by atoms with Gasteiger partial charge in [0.05, 0.1) is 13.7 Å². The quantitative estimate of drug-likeness (QED) is 0.762. The second-order valence-corrected chi connectivity index (χ2v) is 5.47. The number of hydrogen-bond acceptors (Lipinski definition) is 4. The third-order valence-corrected chi connectivity index (χ3v) is 4.01. The van der Waals surface area contributed by atoms with Gasteiger partial charge in [0.2, 0.25) is 0 Å². The van der Waals surface area contributed by atoms with E-state index in [4.69, 9.17) is 4.74 Å². The Morgan fingerprint density at radius 3 is 2.50 bits per heavy atom. The summed E-state index contributed by atoms with van der Waals surface area (Å²) in [5.41, 5.74) is 1.00. The summed E-state index contributed by atoms with van der Waals surface area (Å²) < 4.78 is 5.49. The first-order chi connectivity index (χ1) is 9.51. The van der Waals surface area contributed by atoms with Crippen LogP contribution in [0.25, 0.3) is 0 Å². The highest BCUT2D eigenvalue weighted by atomic mass is 16.5. The van der Waals surface area contributed by atoms with Crippen molar-refractivity contribution < 1.29 is 9.84 Å². The first-order valence-electron chi connectivity index (χ1n) is 7.17. The minimum atomic E-state index is -0.161. The fourth-order valence-corrected chi connectivity index (χ4v) is 2.58. The van der Waals surface area contributed by atoms with Gasteiger partial charge in [0, 0.05) is 23.7 Å². The highest BCUT2D eigenvalue weighted by molar-refractivity contribution is 5.38. The van der Waals surface area contributed by atoms with Gasteiger partial charge in [0.1, 0.15) is 5.75 Å². The zero-order chi connectivity index (χ0) is 15.2. The maximum absolute atomic E-state index is 9.39. The maximum Gasteiger partial charge on any atom is 0.123 e. The van der Waals surface area contributed by atoms with Crippen LogP contribution in [-0.4, -0.2) is 49.9 Å². The number of likely N-dealkylation sites (N-methyl/N-ethyl adjacent to an activating group) is 2. The number of hydrogen-bond donors (Lipinski definition) is 2. The zero-order valence-electron chi connectivity index (χ0n) is 13.3. The van der Waals surface area contributed by atoms with Crippen molar-refractivity contribution in [2.45, 2.75) is 32.4 Å². The molecule has 0 saturated heterocycles. The second-order valence-electron chi connectivity index (χ2n) is 5.47. The number of nitrogens with one attached hydrogen (secondary N) is 1. The number of nitrogens with zero attached hydrogens (tertiary/aromatic N) is 1. The fourth-order valence-electron chi connectivity index (χ4n) is 2.58. The third-order valence-electron chi connectivity index (χ3n) is 4.01. The van der Waals surface area contributed by atoms with Gasteiger partial charge >= 0.3 is 0 Å². The maximum atomic E-state index is 9.39.